The first-order chi connectivity index (χ1) is 6.63. The molecule has 14 heavy (non-hydrogen) atoms. The van der Waals surface area contributed by atoms with E-state index in [0.29, 0.717) is 13.0 Å². The monoisotopic (exact) mass is 255 g/mol. The zero-order chi connectivity index (χ0) is 10.6. The molecule has 0 aliphatic rings. The van der Waals surface area contributed by atoms with Gasteiger partial charge in [0.2, 0.25) is 5.91 Å². The van der Waals surface area contributed by atoms with Gasteiger partial charge in [0.05, 0.1) is 6.42 Å². The van der Waals surface area contributed by atoms with Crippen LogP contribution in [0.2, 0.25) is 0 Å². The van der Waals surface area contributed by atoms with Crippen molar-refractivity contribution in [2.24, 2.45) is 0 Å². The summed E-state index contributed by atoms with van der Waals surface area (Å²) in [5.41, 5.74) is 2.23. The van der Waals surface area contributed by atoms with Crippen molar-refractivity contribution >= 4 is 21.8 Å². The number of benzene rings is 1. The Morgan fingerprint density at radius 2 is 2.21 bits per heavy atom. The maximum absolute atomic E-state index is 11.3. The lowest BCUT2D eigenvalue weighted by atomic mass is 10.1. The van der Waals surface area contributed by atoms with E-state index in [4.69, 9.17) is 0 Å². The van der Waals surface area contributed by atoms with Gasteiger partial charge in [0.1, 0.15) is 0 Å². The summed E-state index contributed by atoms with van der Waals surface area (Å²) in [6.45, 7) is 4.62. The third kappa shape index (κ3) is 3.14. The Hall–Kier alpha value is -0.830. The topological polar surface area (TPSA) is 29.1 Å². The molecular formula is C11H14BrNO. The lowest BCUT2D eigenvalue weighted by molar-refractivity contribution is -0.120. The van der Waals surface area contributed by atoms with Gasteiger partial charge in [0.25, 0.3) is 0 Å². The molecule has 1 aromatic rings. The van der Waals surface area contributed by atoms with Crippen LogP contribution in [0, 0.1) is 6.92 Å². The molecule has 0 aromatic heterocycles. The van der Waals surface area contributed by atoms with E-state index in [9.17, 15) is 4.79 Å². The summed E-state index contributed by atoms with van der Waals surface area (Å²) in [6, 6.07) is 5.99. The van der Waals surface area contributed by atoms with Crippen LogP contribution >= 0.6 is 15.9 Å². The third-order valence-electron chi connectivity index (χ3n) is 2.04. The van der Waals surface area contributed by atoms with Crippen LogP contribution in [-0.2, 0) is 11.2 Å². The minimum atomic E-state index is 0.0775. The van der Waals surface area contributed by atoms with Gasteiger partial charge in [-0.15, -0.1) is 0 Å². The highest BCUT2D eigenvalue weighted by Crippen LogP contribution is 2.16. The van der Waals surface area contributed by atoms with E-state index in [1.165, 1.54) is 0 Å². The first kappa shape index (κ1) is 11.2. The van der Waals surface area contributed by atoms with Gasteiger partial charge in [-0.2, -0.15) is 0 Å². The lowest BCUT2D eigenvalue weighted by Gasteiger charge is -2.06. The molecule has 3 heteroatoms. The molecule has 0 saturated carbocycles. The molecule has 1 amide bonds. The molecule has 76 valence electrons. The number of likely N-dealkylation sites (N-methyl/N-ethyl adjacent to an activating group) is 1. The minimum absolute atomic E-state index is 0.0775. The summed E-state index contributed by atoms with van der Waals surface area (Å²) in [6.07, 6.45) is 0.457. The Balaban J connectivity index is 2.75. The summed E-state index contributed by atoms with van der Waals surface area (Å²) in [4.78, 5) is 11.3. The molecule has 0 heterocycles. The average Bonchev–Trinajstić information content (AvgIpc) is 2.12. The summed E-state index contributed by atoms with van der Waals surface area (Å²) in [5.74, 6) is 0.0775. The zero-order valence-electron chi connectivity index (χ0n) is 8.43. The minimum Gasteiger partial charge on any atom is -0.356 e. The van der Waals surface area contributed by atoms with Crippen LogP contribution in [0.3, 0.4) is 0 Å². The Morgan fingerprint density at radius 1 is 1.50 bits per heavy atom. The first-order valence-corrected chi connectivity index (χ1v) is 5.44. The summed E-state index contributed by atoms with van der Waals surface area (Å²) in [5, 5.41) is 2.79. The van der Waals surface area contributed by atoms with E-state index in [0.717, 1.165) is 15.6 Å². The standard InChI is InChI=1S/C11H14BrNO/c1-3-13-11(14)7-9-6-10(12)5-4-8(9)2/h4-6H,3,7H2,1-2H3,(H,13,14). The van der Waals surface area contributed by atoms with Gasteiger partial charge in [-0.1, -0.05) is 22.0 Å². The highest BCUT2D eigenvalue weighted by atomic mass is 79.9. The molecule has 0 aliphatic carbocycles. The van der Waals surface area contributed by atoms with Gasteiger partial charge in [0.15, 0.2) is 0 Å². The van der Waals surface area contributed by atoms with Gasteiger partial charge in [-0.25, -0.2) is 0 Å². The smallest absolute Gasteiger partial charge is 0.224 e. The fourth-order valence-corrected chi connectivity index (χ4v) is 1.67. The van der Waals surface area contributed by atoms with Crippen LogP contribution in [0.4, 0.5) is 0 Å². The maximum atomic E-state index is 11.3. The van der Waals surface area contributed by atoms with Crippen molar-refractivity contribution in [3.63, 3.8) is 0 Å². The number of hydrogen-bond donors (Lipinski definition) is 1. The van der Waals surface area contributed by atoms with Crippen molar-refractivity contribution in [2.75, 3.05) is 6.54 Å². The number of rotatable bonds is 3. The predicted octanol–water partition coefficient (Wildman–Crippen LogP) is 2.44. The maximum Gasteiger partial charge on any atom is 0.224 e. The van der Waals surface area contributed by atoms with Crippen molar-refractivity contribution in [1.82, 2.24) is 5.32 Å². The van der Waals surface area contributed by atoms with E-state index in [-0.39, 0.29) is 5.91 Å². The number of halogens is 1. The van der Waals surface area contributed by atoms with E-state index >= 15 is 0 Å². The second-order valence-corrected chi connectivity index (χ2v) is 4.12. The average molecular weight is 256 g/mol. The van der Waals surface area contributed by atoms with E-state index in [2.05, 4.69) is 21.2 Å². The molecule has 0 fully saturated rings. The summed E-state index contributed by atoms with van der Waals surface area (Å²) >= 11 is 3.39. The fraction of sp³-hybridized carbons (Fsp3) is 0.364. The van der Waals surface area contributed by atoms with Gasteiger partial charge in [-0.05, 0) is 37.1 Å². The molecule has 1 rings (SSSR count). The molecule has 0 aliphatic heterocycles. The van der Waals surface area contributed by atoms with Crippen LogP contribution in [-0.4, -0.2) is 12.5 Å². The number of carbonyl (C=O) groups is 1. The normalized spacial score (nSPS) is 9.93. The van der Waals surface area contributed by atoms with Gasteiger partial charge < -0.3 is 5.32 Å². The Labute approximate surface area is 92.8 Å². The number of amides is 1. The molecule has 0 bridgehead atoms. The van der Waals surface area contributed by atoms with Crippen molar-refractivity contribution in [1.29, 1.82) is 0 Å². The van der Waals surface area contributed by atoms with Crippen molar-refractivity contribution in [2.45, 2.75) is 20.3 Å². The van der Waals surface area contributed by atoms with Gasteiger partial charge in [0, 0.05) is 11.0 Å². The molecule has 2 nitrogen and oxygen atoms in total. The van der Waals surface area contributed by atoms with Crippen LogP contribution in [0.25, 0.3) is 0 Å². The van der Waals surface area contributed by atoms with Gasteiger partial charge >= 0.3 is 0 Å². The summed E-state index contributed by atoms with van der Waals surface area (Å²) < 4.78 is 1.02. The van der Waals surface area contributed by atoms with Crippen molar-refractivity contribution in [3.05, 3.63) is 33.8 Å². The molecule has 0 unspecified atom stereocenters. The lowest BCUT2D eigenvalue weighted by Crippen LogP contribution is -2.24. The Morgan fingerprint density at radius 3 is 2.86 bits per heavy atom. The Bertz CT molecular complexity index is 336. The fourth-order valence-electron chi connectivity index (χ4n) is 1.26. The molecule has 0 saturated heterocycles. The van der Waals surface area contributed by atoms with Crippen molar-refractivity contribution in [3.8, 4) is 0 Å². The molecule has 1 N–H and O–H groups in total. The second-order valence-electron chi connectivity index (χ2n) is 3.20. The highest BCUT2D eigenvalue weighted by molar-refractivity contribution is 9.10. The van der Waals surface area contributed by atoms with E-state index in [1.807, 2.05) is 32.0 Å². The quantitative estimate of drug-likeness (QED) is 0.884. The van der Waals surface area contributed by atoms with E-state index < -0.39 is 0 Å². The highest BCUT2D eigenvalue weighted by Gasteiger charge is 2.04. The van der Waals surface area contributed by atoms with Crippen LogP contribution < -0.4 is 5.32 Å². The predicted molar refractivity (Wildman–Crippen MR) is 61.3 cm³/mol. The second kappa shape index (κ2) is 5.15. The van der Waals surface area contributed by atoms with Crippen LogP contribution in [0.15, 0.2) is 22.7 Å². The number of aryl methyl sites for hydroxylation is 1. The SMILES string of the molecule is CCNC(=O)Cc1cc(Br)ccc1C. The zero-order valence-corrected chi connectivity index (χ0v) is 10.0. The summed E-state index contributed by atoms with van der Waals surface area (Å²) in [7, 11) is 0. The molecule has 0 radical (unpaired) electrons. The largest absolute Gasteiger partial charge is 0.356 e. The van der Waals surface area contributed by atoms with Crippen molar-refractivity contribution < 1.29 is 4.79 Å². The van der Waals surface area contributed by atoms with Gasteiger partial charge in [-0.3, -0.25) is 4.79 Å². The molecular weight excluding hydrogens is 242 g/mol. The third-order valence-corrected chi connectivity index (χ3v) is 2.53. The number of hydrogen-bond acceptors (Lipinski definition) is 1. The first-order valence-electron chi connectivity index (χ1n) is 4.65. The number of nitrogens with one attached hydrogen (secondary N) is 1. The number of carbonyl (C=O) groups excluding carboxylic acids is 1. The molecule has 0 spiro atoms. The Kier molecular flexibility index (Phi) is 4.14. The van der Waals surface area contributed by atoms with Crippen LogP contribution in [0.5, 0.6) is 0 Å². The molecule has 0 atom stereocenters. The molecule has 1 aromatic carbocycles. The van der Waals surface area contributed by atoms with Crippen LogP contribution in [0.1, 0.15) is 18.1 Å². The van der Waals surface area contributed by atoms with E-state index in [1.54, 1.807) is 0 Å².